The summed E-state index contributed by atoms with van der Waals surface area (Å²) in [5.41, 5.74) is 5.28. The van der Waals surface area contributed by atoms with Crippen molar-refractivity contribution in [2.75, 3.05) is 13.4 Å². The predicted octanol–water partition coefficient (Wildman–Crippen LogP) is 1.65. The molecule has 3 N–H and O–H groups in total. The van der Waals surface area contributed by atoms with Gasteiger partial charge in [-0.25, -0.2) is 0 Å². The summed E-state index contributed by atoms with van der Waals surface area (Å²) in [4.78, 5) is 0. The molecule has 0 amide bonds. The largest absolute Gasteiger partial charge is 0.487 e. The molecule has 1 aromatic heterocycles. The monoisotopic (exact) mass is 218 g/mol. The molecule has 0 aliphatic carbocycles. The Bertz CT molecular complexity index is 271. The number of thioether (sulfide) groups is 1. The molecule has 0 aromatic carbocycles. The van der Waals surface area contributed by atoms with E-state index in [4.69, 9.17) is 4.74 Å². The molecule has 0 saturated heterocycles. The van der Waals surface area contributed by atoms with Gasteiger partial charge in [0.1, 0.15) is 0 Å². The number of quaternary nitrogens is 1. The van der Waals surface area contributed by atoms with Gasteiger partial charge in [-0.05, 0) is 19.2 Å². The van der Waals surface area contributed by atoms with Crippen molar-refractivity contribution in [2.45, 2.75) is 23.6 Å². The molecular weight excluding hydrogens is 202 g/mol. The Kier molecular flexibility index (Phi) is 4.09. The van der Waals surface area contributed by atoms with Crippen LogP contribution in [0, 0.1) is 0 Å². The first-order valence-electron chi connectivity index (χ1n) is 4.21. The van der Waals surface area contributed by atoms with Gasteiger partial charge in [-0.2, -0.15) is 0 Å². The molecule has 0 saturated carbocycles. The summed E-state index contributed by atoms with van der Waals surface area (Å²) < 4.78 is 6.62. The summed E-state index contributed by atoms with van der Waals surface area (Å²) >= 11 is 3.48. The Labute approximate surface area is 87.5 Å². The van der Waals surface area contributed by atoms with Gasteiger partial charge in [-0.1, -0.05) is 11.3 Å². The van der Waals surface area contributed by atoms with Crippen LogP contribution in [0.2, 0.25) is 0 Å². The van der Waals surface area contributed by atoms with E-state index in [0.29, 0.717) is 6.04 Å². The molecule has 1 rings (SSSR count). The first-order valence-corrected chi connectivity index (χ1v) is 6.25. The molecule has 4 heteroatoms. The lowest BCUT2D eigenvalue weighted by Crippen LogP contribution is -2.60. The molecule has 0 bridgehead atoms. The fourth-order valence-electron chi connectivity index (χ4n) is 1.18. The Morgan fingerprint density at radius 3 is 2.85 bits per heavy atom. The quantitative estimate of drug-likeness (QED) is 0.780. The zero-order valence-corrected chi connectivity index (χ0v) is 9.93. The predicted molar refractivity (Wildman–Crippen MR) is 58.7 cm³/mol. The first kappa shape index (κ1) is 10.9. The first-order chi connectivity index (χ1) is 6.17. The molecule has 1 atom stereocenters. The highest BCUT2D eigenvalue weighted by Crippen LogP contribution is 2.35. The van der Waals surface area contributed by atoms with E-state index >= 15 is 0 Å². The lowest BCUT2D eigenvalue weighted by Gasteiger charge is -2.02. The molecule has 0 radical (unpaired) electrons. The van der Waals surface area contributed by atoms with Crippen molar-refractivity contribution in [1.29, 1.82) is 0 Å². The number of methoxy groups -OCH3 is 1. The molecule has 0 fully saturated rings. The smallest absolute Gasteiger partial charge is 0.177 e. The van der Waals surface area contributed by atoms with E-state index in [2.05, 4.69) is 25.0 Å². The maximum Gasteiger partial charge on any atom is 0.177 e. The second kappa shape index (κ2) is 4.88. The van der Waals surface area contributed by atoms with Crippen molar-refractivity contribution < 1.29 is 10.5 Å². The fraction of sp³-hybridized carbons (Fsp3) is 0.556. The minimum absolute atomic E-state index is 0.443. The lowest BCUT2D eigenvalue weighted by atomic mass is 10.1. The van der Waals surface area contributed by atoms with Gasteiger partial charge in [-0.15, -0.1) is 11.8 Å². The maximum absolute atomic E-state index is 5.31. The van der Waals surface area contributed by atoms with Crippen LogP contribution < -0.4 is 10.5 Å². The summed E-state index contributed by atoms with van der Waals surface area (Å²) in [6.07, 6.45) is 3.09. The van der Waals surface area contributed by atoms with E-state index in [1.54, 1.807) is 30.2 Å². The Hall–Kier alpha value is -0.190. The third kappa shape index (κ3) is 2.90. The van der Waals surface area contributed by atoms with Crippen molar-refractivity contribution in [2.24, 2.45) is 0 Å². The SMILES string of the molecule is COc1sc(SC)cc1C[C@@H](C)[NH3+]. The zero-order valence-electron chi connectivity index (χ0n) is 8.29. The standard InChI is InChI=1S/C9H15NOS2/c1-6(10)4-7-5-8(12-3)13-9(7)11-2/h5-6H,4,10H2,1-3H3/p+1/t6-/m1/s1. The van der Waals surface area contributed by atoms with Gasteiger partial charge in [0.25, 0.3) is 0 Å². The Morgan fingerprint density at radius 1 is 1.69 bits per heavy atom. The van der Waals surface area contributed by atoms with E-state index in [0.717, 1.165) is 11.5 Å². The lowest BCUT2D eigenvalue weighted by molar-refractivity contribution is -0.413. The van der Waals surface area contributed by atoms with E-state index < -0.39 is 0 Å². The van der Waals surface area contributed by atoms with Crippen LogP contribution in [0.4, 0.5) is 0 Å². The molecular formula is C9H16NOS2+. The normalized spacial score (nSPS) is 12.9. The Morgan fingerprint density at radius 2 is 2.38 bits per heavy atom. The van der Waals surface area contributed by atoms with Crippen LogP contribution in [0.15, 0.2) is 10.3 Å². The average Bonchev–Trinajstić information content (AvgIpc) is 2.46. The van der Waals surface area contributed by atoms with Crippen LogP contribution in [0.25, 0.3) is 0 Å². The summed E-state index contributed by atoms with van der Waals surface area (Å²) in [5.74, 6) is 0. The van der Waals surface area contributed by atoms with E-state index in [9.17, 15) is 0 Å². The van der Waals surface area contributed by atoms with Crippen LogP contribution in [0.1, 0.15) is 12.5 Å². The van der Waals surface area contributed by atoms with Crippen molar-refractivity contribution in [3.05, 3.63) is 11.6 Å². The number of hydrogen-bond acceptors (Lipinski definition) is 3. The van der Waals surface area contributed by atoms with Crippen LogP contribution in [-0.4, -0.2) is 19.4 Å². The van der Waals surface area contributed by atoms with Gasteiger partial charge < -0.3 is 10.5 Å². The summed E-state index contributed by atoms with van der Waals surface area (Å²) in [6, 6.07) is 2.65. The van der Waals surface area contributed by atoms with Crippen LogP contribution in [0.5, 0.6) is 5.06 Å². The van der Waals surface area contributed by atoms with Crippen molar-refractivity contribution in [3.8, 4) is 5.06 Å². The summed E-state index contributed by atoms with van der Waals surface area (Å²) in [6.45, 7) is 2.12. The van der Waals surface area contributed by atoms with Crippen LogP contribution in [0.3, 0.4) is 0 Å². The molecule has 0 aliphatic rings. The molecule has 0 spiro atoms. The number of ether oxygens (including phenoxy) is 1. The van der Waals surface area contributed by atoms with E-state index in [1.807, 2.05) is 0 Å². The third-order valence-corrected chi connectivity index (χ3v) is 3.91. The molecule has 74 valence electrons. The van der Waals surface area contributed by atoms with Crippen molar-refractivity contribution in [3.63, 3.8) is 0 Å². The highest BCUT2D eigenvalue weighted by Gasteiger charge is 2.11. The highest BCUT2D eigenvalue weighted by atomic mass is 32.2. The van der Waals surface area contributed by atoms with Gasteiger partial charge >= 0.3 is 0 Å². The van der Waals surface area contributed by atoms with E-state index in [1.165, 1.54) is 9.77 Å². The Balaban J connectivity index is 2.84. The van der Waals surface area contributed by atoms with Crippen LogP contribution in [-0.2, 0) is 6.42 Å². The number of hydrogen-bond donors (Lipinski definition) is 1. The minimum Gasteiger partial charge on any atom is -0.487 e. The topological polar surface area (TPSA) is 36.9 Å². The summed E-state index contributed by atoms with van der Waals surface area (Å²) in [7, 11) is 1.73. The van der Waals surface area contributed by atoms with Gasteiger partial charge in [-0.3, -0.25) is 0 Å². The molecule has 1 aromatic rings. The second-order valence-electron chi connectivity index (χ2n) is 3.10. The average molecular weight is 218 g/mol. The van der Waals surface area contributed by atoms with Gasteiger partial charge in [0.2, 0.25) is 0 Å². The second-order valence-corrected chi connectivity index (χ2v) is 5.22. The van der Waals surface area contributed by atoms with Crippen LogP contribution >= 0.6 is 23.1 Å². The highest BCUT2D eigenvalue weighted by molar-refractivity contribution is 8.00. The maximum atomic E-state index is 5.31. The third-order valence-electron chi connectivity index (χ3n) is 1.70. The molecule has 13 heavy (non-hydrogen) atoms. The minimum atomic E-state index is 0.443. The van der Waals surface area contributed by atoms with E-state index in [-0.39, 0.29) is 0 Å². The molecule has 0 aliphatic heterocycles. The fourth-order valence-corrected chi connectivity index (χ4v) is 2.74. The van der Waals surface area contributed by atoms with Gasteiger partial charge in [0.05, 0.1) is 17.4 Å². The number of thiophene rings is 1. The summed E-state index contributed by atoms with van der Waals surface area (Å²) in [5, 5.41) is 1.04. The van der Waals surface area contributed by atoms with Gasteiger partial charge in [0, 0.05) is 12.0 Å². The van der Waals surface area contributed by atoms with Gasteiger partial charge in [0.15, 0.2) is 5.06 Å². The molecule has 0 unspecified atom stereocenters. The molecule has 1 heterocycles. The van der Waals surface area contributed by atoms with Crippen molar-refractivity contribution >= 4 is 23.1 Å². The molecule has 2 nitrogen and oxygen atoms in total. The zero-order chi connectivity index (χ0) is 9.84. The van der Waals surface area contributed by atoms with Crippen molar-refractivity contribution in [1.82, 2.24) is 0 Å². The number of rotatable bonds is 4.